The zero-order chi connectivity index (χ0) is 28.0. The molecule has 1 aromatic carbocycles. The van der Waals surface area contributed by atoms with E-state index in [9.17, 15) is 17.6 Å². The summed E-state index contributed by atoms with van der Waals surface area (Å²) in [5.74, 6) is -1.28. The minimum atomic E-state index is -3.74. The van der Waals surface area contributed by atoms with Gasteiger partial charge >= 0.3 is 0 Å². The van der Waals surface area contributed by atoms with Crippen molar-refractivity contribution in [3.05, 3.63) is 66.0 Å². The molecular weight excluding hydrogens is 527 g/mol. The molecule has 3 heterocycles. The van der Waals surface area contributed by atoms with Gasteiger partial charge in [-0.25, -0.2) is 18.1 Å². The molecule has 1 saturated heterocycles. The molecular formula is C26H33FN6O5S. The summed E-state index contributed by atoms with van der Waals surface area (Å²) in [4.78, 5) is 18.9. The Balaban J connectivity index is 1.49. The molecule has 11 nitrogen and oxygen atoms in total. The molecule has 1 amide bonds. The van der Waals surface area contributed by atoms with Crippen LogP contribution in [0.25, 0.3) is 11.1 Å². The van der Waals surface area contributed by atoms with Crippen molar-refractivity contribution < 1.29 is 27.1 Å². The maximum atomic E-state index is 13.7. The third-order valence-electron chi connectivity index (χ3n) is 6.44. The van der Waals surface area contributed by atoms with Gasteiger partial charge in [0.1, 0.15) is 18.5 Å². The van der Waals surface area contributed by atoms with E-state index < -0.39 is 22.0 Å². The van der Waals surface area contributed by atoms with Gasteiger partial charge in [0.25, 0.3) is 0 Å². The van der Waals surface area contributed by atoms with Gasteiger partial charge in [-0.15, -0.1) is 5.10 Å². The van der Waals surface area contributed by atoms with Crippen LogP contribution in [0.4, 0.5) is 4.39 Å². The summed E-state index contributed by atoms with van der Waals surface area (Å²) in [5, 5.41) is 8.22. The van der Waals surface area contributed by atoms with Crippen LogP contribution in [0.15, 0.2) is 48.8 Å². The third kappa shape index (κ3) is 7.24. The minimum Gasteiger partial charge on any atom is -0.359 e. The molecule has 13 heteroatoms. The summed E-state index contributed by atoms with van der Waals surface area (Å²) in [6.45, 7) is 5.00. The quantitative estimate of drug-likeness (QED) is 0.199. The van der Waals surface area contributed by atoms with E-state index >= 15 is 0 Å². The van der Waals surface area contributed by atoms with Crippen LogP contribution in [0.1, 0.15) is 25.1 Å². The lowest BCUT2D eigenvalue weighted by Crippen LogP contribution is -2.49. The average Bonchev–Trinajstić information content (AvgIpc) is 3.33. The normalized spacial score (nSPS) is 18.0. The van der Waals surface area contributed by atoms with Crippen molar-refractivity contribution in [2.45, 2.75) is 39.5 Å². The zero-order valence-electron chi connectivity index (χ0n) is 22.2. The summed E-state index contributed by atoms with van der Waals surface area (Å²) in [7, 11) is -2.20. The predicted molar refractivity (Wildman–Crippen MR) is 141 cm³/mol. The molecule has 0 spiro atoms. The van der Waals surface area contributed by atoms with Gasteiger partial charge in [0.2, 0.25) is 21.9 Å². The number of carbonyl (C=O) groups excluding carboxylic acids is 1. The van der Waals surface area contributed by atoms with Crippen molar-refractivity contribution in [1.82, 2.24) is 29.2 Å². The van der Waals surface area contributed by atoms with Crippen molar-refractivity contribution >= 4 is 15.9 Å². The molecule has 1 unspecified atom stereocenters. The van der Waals surface area contributed by atoms with Crippen molar-refractivity contribution in [3.8, 4) is 11.1 Å². The summed E-state index contributed by atoms with van der Waals surface area (Å²) >= 11 is 0. The fraction of sp³-hybridized carbons (Fsp3) is 0.462. The Bertz CT molecular complexity index is 1350. The number of carbonyl (C=O) groups is 1. The predicted octanol–water partition coefficient (Wildman–Crippen LogP) is 2.30. The molecule has 210 valence electrons. The molecule has 0 aliphatic carbocycles. The summed E-state index contributed by atoms with van der Waals surface area (Å²) in [6.07, 6.45) is 3.17. The van der Waals surface area contributed by atoms with E-state index in [1.165, 1.54) is 16.6 Å². The van der Waals surface area contributed by atoms with Gasteiger partial charge < -0.3 is 14.4 Å². The Kier molecular flexibility index (Phi) is 9.38. The van der Waals surface area contributed by atoms with Crippen molar-refractivity contribution in [3.63, 3.8) is 0 Å². The van der Waals surface area contributed by atoms with Crippen molar-refractivity contribution in [1.29, 1.82) is 0 Å². The highest BCUT2D eigenvalue weighted by Crippen LogP contribution is 2.26. The molecule has 1 aliphatic heterocycles. The Morgan fingerprint density at radius 2 is 1.85 bits per heavy atom. The van der Waals surface area contributed by atoms with Crippen molar-refractivity contribution in [2.24, 2.45) is 5.92 Å². The maximum Gasteiger partial charge on any atom is 0.241 e. The highest BCUT2D eigenvalue weighted by Gasteiger charge is 2.42. The largest absolute Gasteiger partial charge is 0.359 e. The van der Waals surface area contributed by atoms with Crippen LogP contribution >= 0.6 is 0 Å². The number of hydrogen-bond donors (Lipinski definition) is 0. The molecule has 2 aromatic heterocycles. The van der Waals surface area contributed by atoms with Gasteiger partial charge in [-0.1, -0.05) is 43.3 Å². The minimum absolute atomic E-state index is 0.0567. The SMILES string of the molecule is COCOCCn1cc(CN2CCS(=O)(=O)N(Cc3ccc(-c4ccc(F)nc4)cc3)C(C(C)C)C2=O)nn1. The van der Waals surface area contributed by atoms with E-state index in [4.69, 9.17) is 9.47 Å². The van der Waals surface area contributed by atoms with E-state index in [0.717, 1.165) is 16.7 Å². The van der Waals surface area contributed by atoms with Gasteiger partial charge in [0, 0.05) is 32.0 Å². The summed E-state index contributed by atoms with van der Waals surface area (Å²) in [5.41, 5.74) is 2.87. The fourth-order valence-corrected chi connectivity index (χ4v) is 6.16. The second-order valence-electron chi connectivity index (χ2n) is 9.66. The number of pyridine rings is 1. The number of nitrogens with zero attached hydrogens (tertiary/aromatic N) is 6. The standard InChI is InChI=1S/C26H33FN6O5S/c1-19(2)25-26(34)31(16-23-17-32(30-29-23)10-12-38-18-37-3)11-13-39(35,36)33(25)15-20-4-6-21(7-5-20)22-8-9-24(27)28-14-22/h4-9,14,17,19,25H,10-13,15-16,18H2,1-3H3. The van der Waals surface area contributed by atoms with Gasteiger partial charge in [0.15, 0.2) is 0 Å². The van der Waals surface area contributed by atoms with Gasteiger partial charge in [-0.2, -0.15) is 8.70 Å². The highest BCUT2D eigenvalue weighted by atomic mass is 32.2. The van der Waals surface area contributed by atoms with Crippen molar-refractivity contribution in [2.75, 3.05) is 32.8 Å². The van der Waals surface area contributed by atoms with E-state index in [0.29, 0.717) is 18.8 Å². The van der Waals surface area contributed by atoms with Crippen LogP contribution in [0.5, 0.6) is 0 Å². The van der Waals surface area contributed by atoms with Crippen LogP contribution in [0.2, 0.25) is 0 Å². The molecule has 0 bridgehead atoms. The van der Waals surface area contributed by atoms with Gasteiger partial charge in [0.05, 0.1) is 31.6 Å². The lowest BCUT2D eigenvalue weighted by molar-refractivity contribution is -0.136. The van der Waals surface area contributed by atoms with Crippen LogP contribution in [-0.2, 0) is 43.9 Å². The van der Waals surface area contributed by atoms with Crippen LogP contribution in [-0.4, -0.2) is 82.4 Å². The topological polar surface area (TPSA) is 120 Å². The van der Waals surface area contributed by atoms with E-state index in [1.54, 1.807) is 29.0 Å². The number of hydrogen-bond acceptors (Lipinski definition) is 8. The molecule has 3 aromatic rings. The summed E-state index contributed by atoms with van der Waals surface area (Å²) < 4.78 is 53.0. The summed E-state index contributed by atoms with van der Waals surface area (Å²) in [6, 6.07) is 9.34. The second-order valence-corrected chi connectivity index (χ2v) is 11.7. The fourth-order valence-electron chi connectivity index (χ4n) is 4.45. The maximum absolute atomic E-state index is 13.7. The molecule has 1 aliphatic rings. The second kappa shape index (κ2) is 12.7. The lowest BCUT2D eigenvalue weighted by atomic mass is 10.0. The smallest absolute Gasteiger partial charge is 0.241 e. The van der Waals surface area contributed by atoms with E-state index in [2.05, 4.69) is 15.3 Å². The Hall–Kier alpha value is -3.26. The zero-order valence-corrected chi connectivity index (χ0v) is 23.1. The first-order valence-electron chi connectivity index (χ1n) is 12.6. The first-order valence-corrected chi connectivity index (χ1v) is 14.2. The number of aromatic nitrogens is 4. The third-order valence-corrected chi connectivity index (χ3v) is 8.21. The number of ether oxygens (including phenoxy) is 2. The number of rotatable bonds is 11. The molecule has 0 radical (unpaired) electrons. The molecule has 0 N–H and O–H groups in total. The highest BCUT2D eigenvalue weighted by molar-refractivity contribution is 7.89. The molecule has 0 saturated carbocycles. The Labute approximate surface area is 227 Å². The first-order chi connectivity index (χ1) is 18.7. The number of methoxy groups -OCH3 is 1. The Morgan fingerprint density at radius 3 is 2.51 bits per heavy atom. The average molecular weight is 561 g/mol. The number of amides is 1. The van der Waals surface area contributed by atoms with E-state index in [1.807, 2.05) is 38.1 Å². The molecule has 1 fully saturated rings. The lowest BCUT2D eigenvalue weighted by Gasteiger charge is -2.32. The number of sulfonamides is 1. The molecule has 4 rings (SSSR count). The monoisotopic (exact) mass is 560 g/mol. The van der Waals surface area contributed by atoms with Crippen LogP contribution < -0.4 is 0 Å². The van der Waals surface area contributed by atoms with Crippen LogP contribution in [0, 0.1) is 11.9 Å². The van der Waals surface area contributed by atoms with Gasteiger partial charge in [-0.05, 0) is 29.2 Å². The number of halogens is 1. The number of benzene rings is 1. The van der Waals surface area contributed by atoms with Crippen LogP contribution in [0.3, 0.4) is 0 Å². The molecule has 1 atom stereocenters. The van der Waals surface area contributed by atoms with Gasteiger partial charge in [-0.3, -0.25) is 4.79 Å². The molecule has 39 heavy (non-hydrogen) atoms. The van der Waals surface area contributed by atoms with E-state index in [-0.39, 0.29) is 44.0 Å². The first kappa shape index (κ1) is 28.7. The Morgan fingerprint density at radius 1 is 1.10 bits per heavy atom.